The molecular formula is C24H35N3O3. The standard InChI is InChI=1S/C24H35N3O3/c1-7-19(4)27(24(29)20-10-8-12-22(14-20)30-6)17-23(28)26(15-18(2)3)16-21-11-9-13-25(21)5/h8-14,18-19H,7,15-17H2,1-6H3. The molecule has 0 fully saturated rings. The number of benzene rings is 1. The Hall–Kier alpha value is -2.76. The molecule has 6 heteroatoms. The first-order valence-corrected chi connectivity index (χ1v) is 10.6. The van der Waals surface area contributed by atoms with E-state index in [4.69, 9.17) is 4.74 Å². The van der Waals surface area contributed by atoms with Gasteiger partial charge in [0.15, 0.2) is 0 Å². The summed E-state index contributed by atoms with van der Waals surface area (Å²) in [6.45, 7) is 9.43. The molecule has 6 nitrogen and oxygen atoms in total. The highest BCUT2D eigenvalue weighted by Crippen LogP contribution is 2.18. The van der Waals surface area contributed by atoms with E-state index in [0.29, 0.717) is 30.3 Å². The molecule has 0 radical (unpaired) electrons. The highest BCUT2D eigenvalue weighted by atomic mass is 16.5. The van der Waals surface area contributed by atoms with Crippen LogP contribution in [0.5, 0.6) is 5.75 Å². The molecule has 0 saturated heterocycles. The molecule has 1 aromatic carbocycles. The van der Waals surface area contributed by atoms with Gasteiger partial charge in [0.05, 0.1) is 13.7 Å². The molecule has 1 aromatic heterocycles. The van der Waals surface area contributed by atoms with Gasteiger partial charge < -0.3 is 19.1 Å². The lowest BCUT2D eigenvalue weighted by Gasteiger charge is -2.32. The van der Waals surface area contributed by atoms with Crippen molar-refractivity contribution in [2.24, 2.45) is 13.0 Å². The molecular weight excluding hydrogens is 378 g/mol. The SMILES string of the molecule is CCC(C)N(CC(=O)N(Cc1cccn1C)CC(C)C)C(=O)c1cccc(OC)c1. The highest BCUT2D eigenvalue weighted by Gasteiger charge is 2.26. The van der Waals surface area contributed by atoms with Gasteiger partial charge in [-0.25, -0.2) is 0 Å². The Morgan fingerprint density at radius 2 is 1.87 bits per heavy atom. The summed E-state index contributed by atoms with van der Waals surface area (Å²) in [5.74, 6) is 0.767. The molecule has 0 bridgehead atoms. The normalized spacial score (nSPS) is 12.0. The van der Waals surface area contributed by atoms with Crippen LogP contribution in [-0.4, -0.2) is 52.4 Å². The minimum atomic E-state index is -0.153. The second-order valence-corrected chi connectivity index (χ2v) is 8.20. The summed E-state index contributed by atoms with van der Waals surface area (Å²) in [6.07, 6.45) is 2.75. The molecule has 0 aliphatic rings. The number of ether oxygens (including phenoxy) is 1. The zero-order valence-corrected chi connectivity index (χ0v) is 19.1. The zero-order chi connectivity index (χ0) is 22.3. The molecule has 164 valence electrons. The predicted molar refractivity (Wildman–Crippen MR) is 119 cm³/mol. The van der Waals surface area contributed by atoms with Gasteiger partial charge in [-0.3, -0.25) is 9.59 Å². The fraction of sp³-hybridized carbons (Fsp3) is 0.500. The maximum atomic E-state index is 13.3. The Morgan fingerprint density at radius 1 is 1.13 bits per heavy atom. The maximum Gasteiger partial charge on any atom is 0.254 e. The fourth-order valence-corrected chi connectivity index (χ4v) is 3.37. The zero-order valence-electron chi connectivity index (χ0n) is 19.1. The van der Waals surface area contributed by atoms with Crippen LogP contribution in [-0.2, 0) is 18.4 Å². The predicted octanol–water partition coefficient (Wildman–Crippen LogP) is 3.96. The largest absolute Gasteiger partial charge is 0.497 e. The van der Waals surface area contributed by atoms with Crippen molar-refractivity contribution in [3.8, 4) is 5.75 Å². The number of hydrogen-bond acceptors (Lipinski definition) is 3. The van der Waals surface area contributed by atoms with Crippen molar-refractivity contribution < 1.29 is 14.3 Å². The molecule has 1 atom stereocenters. The average molecular weight is 414 g/mol. The van der Waals surface area contributed by atoms with Crippen molar-refractivity contribution in [3.63, 3.8) is 0 Å². The first-order chi connectivity index (χ1) is 14.3. The van der Waals surface area contributed by atoms with E-state index in [-0.39, 0.29) is 24.4 Å². The van der Waals surface area contributed by atoms with E-state index in [2.05, 4.69) is 13.8 Å². The molecule has 0 saturated carbocycles. The number of hydrogen-bond donors (Lipinski definition) is 0. The topological polar surface area (TPSA) is 54.8 Å². The van der Waals surface area contributed by atoms with Crippen LogP contribution in [0.1, 0.15) is 50.2 Å². The lowest BCUT2D eigenvalue weighted by atomic mass is 10.1. The third-order valence-corrected chi connectivity index (χ3v) is 5.35. The number of methoxy groups -OCH3 is 1. The average Bonchev–Trinajstić information content (AvgIpc) is 3.14. The first-order valence-electron chi connectivity index (χ1n) is 10.6. The molecule has 0 aliphatic heterocycles. The van der Waals surface area contributed by atoms with Gasteiger partial charge in [0.2, 0.25) is 5.91 Å². The Bertz CT molecular complexity index is 844. The number of aromatic nitrogens is 1. The van der Waals surface area contributed by atoms with Crippen LogP contribution in [0.2, 0.25) is 0 Å². The van der Waals surface area contributed by atoms with Crippen LogP contribution in [0.25, 0.3) is 0 Å². The molecule has 2 amide bonds. The smallest absolute Gasteiger partial charge is 0.254 e. The van der Waals surface area contributed by atoms with Crippen LogP contribution in [0.15, 0.2) is 42.6 Å². The Kier molecular flexibility index (Phi) is 8.51. The summed E-state index contributed by atoms with van der Waals surface area (Å²) in [4.78, 5) is 30.1. The second-order valence-electron chi connectivity index (χ2n) is 8.20. The summed E-state index contributed by atoms with van der Waals surface area (Å²) in [5, 5.41) is 0. The number of carbonyl (C=O) groups excluding carboxylic acids is 2. The van der Waals surface area contributed by atoms with Gasteiger partial charge in [0, 0.05) is 37.1 Å². The van der Waals surface area contributed by atoms with E-state index in [1.54, 1.807) is 36.3 Å². The van der Waals surface area contributed by atoms with Crippen molar-refractivity contribution in [1.82, 2.24) is 14.4 Å². The van der Waals surface area contributed by atoms with Crippen molar-refractivity contribution >= 4 is 11.8 Å². The van der Waals surface area contributed by atoms with E-state index >= 15 is 0 Å². The number of carbonyl (C=O) groups is 2. The van der Waals surface area contributed by atoms with Crippen LogP contribution in [0.3, 0.4) is 0 Å². The van der Waals surface area contributed by atoms with Gasteiger partial charge >= 0.3 is 0 Å². The summed E-state index contributed by atoms with van der Waals surface area (Å²) in [7, 11) is 3.55. The minimum Gasteiger partial charge on any atom is -0.497 e. The Morgan fingerprint density at radius 3 is 2.43 bits per heavy atom. The third kappa shape index (κ3) is 6.12. The summed E-state index contributed by atoms with van der Waals surface area (Å²) < 4.78 is 7.28. The number of rotatable bonds is 10. The number of amides is 2. The van der Waals surface area contributed by atoms with Crippen molar-refractivity contribution in [2.75, 3.05) is 20.2 Å². The maximum absolute atomic E-state index is 13.3. The van der Waals surface area contributed by atoms with E-state index in [0.717, 1.165) is 12.1 Å². The molecule has 0 N–H and O–H groups in total. The Balaban J connectivity index is 2.24. The molecule has 0 spiro atoms. The van der Waals surface area contributed by atoms with Crippen molar-refractivity contribution in [3.05, 3.63) is 53.9 Å². The first kappa shape index (κ1) is 23.5. The van der Waals surface area contributed by atoms with Gasteiger partial charge in [0.25, 0.3) is 5.91 Å². The molecule has 2 rings (SSSR count). The van der Waals surface area contributed by atoms with Crippen LogP contribution < -0.4 is 4.74 Å². The highest BCUT2D eigenvalue weighted by molar-refractivity contribution is 5.97. The van der Waals surface area contributed by atoms with Crippen LogP contribution >= 0.6 is 0 Å². The number of nitrogens with zero attached hydrogens (tertiary/aromatic N) is 3. The van der Waals surface area contributed by atoms with Crippen LogP contribution in [0, 0.1) is 5.92 Å². The minimum absolute atomic E-state index is 0.0403. The van der Waals surface area contributed by atoms with Gasteiger partial charge in [0.1, 0.15) is 12.3 Å². The lowest BCUT2D eigenvalue weighted by Crippen LogP contribution is -2.47. The summed E-state index contributed by atoms with van der Waals surface area (Å²) in [6, 6.07) is 11.0. The fourth-order valence-electron chi connectivity index (χ4n) is 3.37. The van der Waals surface area contributed by atoms with Gasteiger partial charge in [-0.05, 0) is 49.6 Å². The van der Waals surface area contributed by atoms with E-state index in [1.165, 1.54) is 0 Å². The molecule has 30 heavy (non-hydrogen) atoms. The molecule has 0 aliphatic carbocycles. The monoisotopic (exact) mass is 413 g/mol. The molecule has 2 aromatic rings. The molecule has 1 unspecified atom stereocenters. The van der Waals surface area contributed by atoms with Gasteiger partial charge in [-0.1, -0.05) is 26.8 Å². The quantitative estimate of drug-likeness (QED) is 0.592. The second kappa shape index (κ2) is 10.9. The van der Waals surface area contributed by atoms with E-state index < -0.39 is 0 Å². The summed E-state index contributed by atoms with van der Waals surface area (Å²) in [5.41, 5.74) is 1.60. The van der Waals surface area contributed by atoms with Crippen molar-refractivity contribution in [2.45, 2.75) is 46.7 Å². The van der Waals surface area contributed by atoms with Crippen molar-refractivity contribution in [1.29, 1.82) is 0 Å². The van der Waals surface area contributed by atoms with Gasteiger partial charge in [-0.2, -0.15) is 0 Å². The molecule has 1 heterocycles. The van der Waals surface area contributed by atoms with E-state index in [1.807, 2.05) is 48.7 Å². The van der Waals surface area contributed by atoms with Gasteiger partial charge in [-0.15, -0.1) is 0 Å². The summed E-state index contributed by atoms with van der Waals surface area (Å²) >= 11 is 0. The van der Waals surface area contributed by atoms with E-state index in [9.17, 15) is 9.59 Å². The lowest BCUT2D eigenvalue weighted by molar-refractivity contribution is -0.133. The Labute approximate surface area is 180 Å². The third-order valence-electron chi connectivity index (χ3n) is 5.35. The van der Waals surface area contributed by atoms with Crippen LogP contribution in [0.4, 0.5) is 0 Å². The number of aryl methyl sites for hydroxylation is 1.